The minimum atomic E-state index is -0.362. The van der Waals surface area contributed by atoms with Crippen LogP contribution < -0.4 is 5.32 Å². The molecular formula is C20H22N4O2S. The molecule has 2 aliphatic heterocycles. The highest BCUT2D eigenvalue weighted by atomic mass is 32.2. The number of para-hydroxylation sites is 1. The summed E-state index contributed by atoms with van der Waals surface area (Å²) in [5, 5.41) is 2.54. The molecular weight excluding hydrogens is 360 g/mol. The van der Waals surface area contributed by atoms with Gasteiger partial charge in [-0.1, -0.05) is 18.2 Å². The van der Waals surface area contributed by atoms with E-state index in [1.165, 1.54) is 11.8 Å². The first-order chi connectivity index (χ1) is 13.2. The Bertz CT molecular complexity index is 822. The van der Waals surface area contributed by atoms with Gasteiger partial charge in [-0.15, -0.1) is 11.8 Å². The second-order valence-corrected chi connectivity index (χ2v) is 8.02. The maximum Gasteiger partial charge on any atom is 0.238 e. The van der Waals surface area contributed by atoms with Crippen LogP contribution in [0.3, 0.4) is 0 Å². The quantitative estimate of drug-likeness (QED) is 0.878. The predicted molar refractivity (Wildman–Crippen MR) is 105 cm³/mol. The highest BCUT2D eigenvalue weighted by Crippen LogP contribution is 2.36. The lowest BCUT2D eigenvalue weighted by atomic mass is 10.2. The van der Waals surface area contributed by atoms with Crippen LogP contribution in [-0.4, -0.2) is 58.0 Å². The molecule has 0 bridgehead atoms. The number of anilines is 1. The van der Waals surface area contributed by atoms with Crippen molar-refractivity contribution >= 4 is 29.3 Å². The van der Waals surface area contributed by atoms with Crippen LogP contribution in [0, 0.1) is 0 Å². The minimum absolute atomic E-state index is 0.0551. The second-order valence-electron chi connectivity index (χ2n) is 6.77. The van der Waals surface area contributed by atoms with Crippen molar-refractivity contribution in [1.82, 2.24) is 14.8 Å². The van der Waals surface area contributed by atoms with Crippen LogP contribution in [-0.2, 0) is 16.1 Å². The average Bonchev–Trinajstić information content (AvgIpc) is 2.70. The van der Waals surface area contributed by atoms with E-state index in [4.69, 9.17) is 0 Å². The van der Waals surface area contributed by atoms with E-state index in [1.54, 1.807) is 6.20 Å². The lowest BCUT2D eigenvalue weighted by Gasteiger charge is -2.35. The van der Waals surface area contributed by atoms with E-state index >= 15 is 0 Å². The molecule has 1 unspecified atom stereocenters. The van der Waals surface area contributed by atoms with Crippen molar-refractivity contribution in [2.45, 2.75) is 23.1 Å². The van der Waals surface area contributed by atoms with E-state index in [0.717, 1.165) is 35.9 Å². The summed E-state index contributed by atoms with van der Waals surface area (Å²) in [4.78, 5) is 34.6. The molecule has 6 nitrogen and oxygen atoms in total. The number of benzene rings is 1. The lowest BCUT2D eigenvalue weighted by Crippen LogP contribution is -2.49. The number of thioether (sulfide) groups is 1. The number of amides is 2. The van der Waals surface area contributed by atoms with E-state index < -0.39 is 0 Å². The molecule has 27 heavy (non-hydrogen) atoms. The Hall–Kier alpha value is -2.38. The number of aromatic nitrogens is 1. The maximum atomic E-state index is 12.7. The summed E-state index contributed by atoms with van der Waals surface area (Å²) < 4.78 is 0. The minimum Gasteiger partial charge on any atom is -0.340 e. The molecule has 7 heteroatoms. The Balaban J connectivity index is 1.29. The zero-order valence-corrected chi connectivity index (χ0v) is 15.8. The number of pyridine rings is 1. The predicted octanol–water partition coefficient (Wildman–Crippen LogP) is 2.23. The summed E-state index contributed by atoms with van der Waals surface area (Å²) in [6.45, 7) is 3.85. The fourth-order valence-corrected chi connectivity index (χ4v) is 4.49. The molecule has 2 aliphatic rings. The van der Waals surface area contributed by atoms with Crippen molar-refractivity contribution in [2.24, 2.45) is 0 Å². The van der Waals surface area contributed by atoms with Crippen LogP contribution in [0.1, 0.15) is 12.1 Å². The van der Waals surface area contributed by atoms with Gasteiger partial charge in [-0.05, 0) is 24.3 Å². The zero-order chi connectivity index (χ0) is 18.6. The van der Waals surface area contributed by atoms with Gasteiger partial charge in [0.25, 0.3) is 0 Å². The third-order valence-corrected chi connectivity index (χ3v) is 6.18. The van der Waals surface area contributed by atoms with E-state index in [9.17, 15) is 9.59 Å². The number of nitrogens with zero attached hydrogens (tertiary/aromatic N) is 3. The highest BCUT2D eigenvalue weighted by molar-refractivity contribution is 8.01. The van der Waals surface area contributed by atoms with Crippen molar-refractivity contribution in [2.75, 3.05) is 31.5 Å². The largest absolute Gasteiger partial charge is 0.340 e. The number of piperazine rings is 1. The Kier molecular flexibility index (Phi) is 5.40. The number of hydrogen-bond acceptors (Lipinski definition) is 5. The summed E-state index contributed by atoms with van der Waals surface area (Å²) in [5.41, 5.74) is 1.88. The van der Waals surface area contributed by atoms with Crippen LogP contribution in [0.25, 0.3) is 0 Å². The molecule has 2 aromatic rings. The zero-order valence-electron chi connectivity index (χ0n) is 15.0. The molecule has 1 atom stereocenters. The van der Waals surface area contributed by atoms with Gasteiger partial charge >= 0.3 is 0 Å². The molecule has 0 spiro atoms. The Morgan fingerprint density at radius 3 is 2.67 bits per heavy atom. The topological polar surface area (TPSA) is 65.5 Å². The van der Waals surface area contributed by atoms with Gasteiger partial charge < -0.3 is 10.2 Å². The normalized spacial score (nSPS) is 20.1. The summed E-state index contributed by atoms with van der Waals surface area (Å²) in [5.74, 6) is -0.0274. The summed E-state index contributed by atoms with van der Waals surface area (Å²) in [6.07, 6.45) is 2.05. The van der Waals surface area contributed by atoms with Crippen molar-refractivity contribution in [3.8, 4) is 0 Å². The molecule has 1 N–H and O–H groups in total. The molecule has 3 heterocycles. The molecule has 2 amide bonds. The molecule has 140 valence electrons. The van der Waals surface area contributed by atoms with Crippen LogP contribution in [0.4, 0.5) is 5.69 Å². The third-order valence-electron chi connectivity index (χ3n) is 4.90. The number of carbonyl (C=O) groups excluding carboxylic acids is 2. The van der Waals surface area contributed by atoms with Gasteiger partial charge in [0.15, 0.2) is 0 Å². The first-order valence-electron chi connectivity index (χ1n) is 9.15. The van der Waals surface area contributed by atoms with Gasteiger partial charge in [-0.25, -0.2) is 0 Å². The standard InChI is InChI=1S/C20H22N4O2S/c25-19(13-18-20(26)22-16-6-1-2-7-17(16)27-18)24-11-9-23(10-12-24)14-15-5-3-4-8-21-15/h1-8,18H,9-14H2,(H,22,26). The van der Waals surface area contributed by atoms with Crippen LogP contribution in [0.15, 0.2) is 53.6 Å². The summed E-state index contributed by atoms with van der Waals surface area (Å²) >= 11 is 1.48. The van der Waals surface area contributed by atoms with Crippen molar-refractivity contribution in [3.63, 3.8) is 0 Å². The van der Waals surface area contributed by atoms with Gasteiger partial charge in [0.1, 0.15) is 0 Å². The van der Waals surface area contributed by atoms with Gasteiger partial charge in [0.05, 0.1) is 16.6 Å². The molecule has 1 aromatic carbocycles. The Morgan fingerprint density at radius 1 is 1.11 bits per heavy atom. The maximum absolute atomic E-state index is 12.7. The molecule has 0 radical (unpaired) electrons. The molecule has 4 rings (SSSR count). The van der Waals surface area contributed by atoms with E-state index in [0.29, 0.717) is 13.1 Å². The van der Waals surface area contributed by atoms with Crippen LogP contribution in [0.5, 0.6) is 0 Å². The second kappa shape index (κ2) is 8.10. The van der Waals surface area contributed by atoms with Crippen LogP contribution in [0.2, 0.25) is 0 Å². The van der Waals surface area contributed by atoms with Crippen molar-refractivity contribution in [3.05, 3.63) is 54.4 Å². The third kappa shape index (κ3) is 4.31. The number of fused-ring (bicyclic) bond motifs is 1. The number of hydrogen-bond donors (Lipinski definition) is 1. The molecule has 0 aliphatic carbocycles. The first kappa shape index (κ1) is 18.0. The van der Waals surface area contributed by atoms with E-state index in [-0.39, 0.29) is 23.5 Å². The lowest BCUT2D eigenvalue weighted by molar-refractivity contribution is -0.134. The fourth-order valence-electron chi connectivity index (χ4n) is 3.39. The van der Waals surface area contributed by atoms with Gasteiger partial charge in [0.2, 0.25) is 11.8 Å². The number of carbonyl (C=O) groups is 2. The molecule has 1 fully saturated rings. The molecule has 0 saturated carbocycles. The molecule has 1 saturated heterocycles. The Labute approximate surface area is 162 Å². The van der Waals surface area contributed by atoms with Gasteiger partial charge in [0, 0.05) is 50.2 Å². The summed E-state index contributed by atoms with van der Waals surface area (Å²) in [7, 11) is 0. The summed E-state index contributed by atoms with van der Waals surface area (Å²) in [6, 6.07) is 13.6. The van der Waals surface area contributed by atoms with Gasteiger partial charge in [-0.2, -0.15) is 0 Å². The molecule has 1 aromatic heterocycles. The first-order valence-corrected chi connectivity index (χ1v) is 10.0. The fraction of sp³-hybridized carbons (Fsp3) is 0.350. The SMILES string of the molecule is O=C1Nc2ccccc2SC1CC(=O)N1CCN(Cc2ccccn2)CC1. The van der Waals surface area contributed by atoms with Crippen LogP contribution >= 0.6 is 11.8 Å². The van der Waals surface area contributed by atoms with E-state index in [2.05, 4.69) is 15.2 Å². The number of nitrogens with one attached hydrogen (secondary N) is 1. The van der Waals surface area contributed by atoms with Crippen molar-refractivity contribution < 1.29 is 9.59 Å². The smallest absolute Gasteiger partial charge is 0.238 e. The monoisotopic (exact) mass is 382 g/mol. The Morgan fingerprint density at radius 2 is 1.89 bits per heavy atom. The van der Waals surface area contributed by atoms with Crippen molar-refractivity contribution in [1.29, 1.82) is 0 Å². The number of rotatable bonds is 4. The van der Waals surface area contributed by atoms with E-state index in [1.807, 2.05) is 47.4 Å². The average molecular weight is 382 g/mol. The van der Waals surface area contributed by atoms with Gasteiger partial charge in [-0.3, -0.25) is 19.5 Å². The highest BCUT2D eigenvalue weighted by Gasteiger charge is 2.31.